The number of amides is 1. The molecular weight excluding hydrogens is 368 g/mol. The van der Waals surface area contributed by atoms with E-state index >= 15 is 0 Å². The summed E-state index contributed by atoms with van der Waals surface area (Å²) < 4.78 is 37.9. The van der Waals surface area contributed by atoms with Crippen LogP contribution in [0, 0.1) is 5.92 Å². The van der Waals surface area contributed by atoms with Crippen molar-refractivity contribution >= 4 is 35.7 Å². The van der Waals surface area contributed by atoms with E-state index in [9.17, 15) is 18.0 Å². The van der Waals surface area contributed by atoms with Gasteiger partial charge in [0.1, 0.15) is 5.82 Å². The van der Waals surface area contributed by atoms with Crippen molar-refractivity contribution in [2.75, 3.05) is 31.1 Å². The largest absolute Gasteiger partial charge is 0.417 e. The second-order valence-corrected chi connectivity index (χ2v) is 5.78. The Kier molecular flexibility index (Phi) is 7.56. The monoisotopic (exact) mass is 386 g/mol. The van der Waals surface area contributed by atoms with Crippen LogP contribution in [-0.2, 0) is 11.0 Å². The van der Waals surface area contributed by atoms with Gasteiger partial charge in [0, 0.05) is 38.3 Å². The van der Waals surface area contributed by atoms with Crippen molar-refractivity contribution in [2.45, 2.75) is 19.0 Å². The molecule has 24 heavy (non-hydrogen) atoms. The molecule has 1 aromatic rings. The van der Waals surface area contributed by atoms with Gasteiger partial charge < -0.3 is 16.0 Å². The SMILES string of the molecule is Cl.NCCNC(=O)C1CCN(c2ncc(C(F)(F)F)cc2Cl)CC1. The first-order valence-corrected chi connectivity index (χ1v) is 7.66. The first kappa shape index (κ1) is 20.8. The lowest BCUT2D eigenvalue weighted by Crippen LogP contribution is -2.42. The average Bonchev–Trinajstić information content (AvgIpc) is 2.52. The Morgan fingerprint density at radius 1 is 1.42 bits per heavy atom. The second-order valence-electron chi connectivity index (χ2n) is 5.37. The zero-order chi connectivity index (χ0) is 17.0. The van der Waals surface area contributed by atoms with Crippen LogP contribution in [0.1, 0.15) is 18.4 Å². The molecule has 0 saturated carbocycles. The highest BCUT2D eigenvalue weighted by molar-refractivity contribution is 6.33. The van der Waals surface area contributed by atoms with E-state index in [0.29, 0.717) is 44.8 Å². The average molecular weight is 387 g/mol. The van der Waals surface area contributed by atoms with E-state index in [0.717, 1.165) is 12.3 Å². The van der Waals surface area contributed by atoms with Crippen LogP contribution in [0.2, 0.25) is 5.02 Å². The Morgan fingerprint density at radius 3 is 2.54 bits per heavy atom. The van der Waals surface area contributed by atoms with Gasteiger partial charge in [-0.2, -0.15) is 13.2 Å². The minimum Gasteiger partial charge on any atom is -0.355 e. The number of hydrogen-bond acceptors (Lipinski definition) is 4. The first-order chi connectivity index (χ1) is 10.8. The van der Waals surface area contributed by atoms with Crippen LogP contribution in [0.3, 0.4) is 0 Å². The third kappa shape index (κ3) is 5.12. The summed E-state index contributed by atoms with van der Waals surface area (Å²) in [6, 6.07) is 0.879. The van der Waals surface area contributed by atoms with Crippen molar-refractivity contribution in [3.05, 3.63) is 22.8 Å². The molecule has 0 atom stereocenters. The van der Waals surface area contributed by atoms with E-state index in [1.54, 1.807) is 4.90 Å². The zero-order valence-electron chi connectivity index (χ0n) is 12.8. The van der Waals surface area contributed by atoms with Gasteiger partial charge in [-0.15, -0.1) is 12.4 Å². The fourth-order valence-corrected chi connectivity index (χ4v) is 2.80. The minimum atomic E-state index is -4.47. The highest BCUT2D eigenvalue weighted by Crippen LogP contribution is 2.34. The first-order valence-electron chi connectivity index (χ1n) is 7.28. The Morgan fingerprint density at radius 2 is 2.04 bits per heavy atom. The fourth-order valence-electron chi connectivity index (χ4n) is 2.51. The third-order valence-corrected chi connectivity index (χ3v) is 4.04. The van der Waals surface area contributed by atoms with Crippen molar-refractivity contribution in [3.8, 4) is 0 Å². The number of halogens is 5. The van der Waals surface area contributed by atoms with E-state index < -0.39 is 11.7 Å². The molecule has 1 aliphatic rings. The lowest BCUT2D eigenvalue weighted by atomic mass is 9.96. The molecule has 0 unspecified atom stereocenters. The quantitative estimate of drug-likeness (QED) is 0.833. The van der Waals surface area contributed by atoms with Gasteiger partial charge in [-0.1, -0.05) is 11.6 Å². The van der Waals surface area contributed by atoms with Crippen LogP contribution in [0.4, 0.5) is 19.0 Å². The summed E-state index contributed by atoms with van der Waals surface area (Å²) in [4.78, 5) is 17.5. The van der Waals surface area contributed by atoms with Gasteiger partial charge in [0.05, 0.1) is 10.6 Å². The molecule has 5 nitrogen and oxygen atoms in total. The van der Waals surface area contributed by atoms with Crippen molar-refractivity contribution < 1.29 is 18.0 Å². The number of nitrogens with zero attached hydrogens (tertiary/aromatic N) is 2. The normalized spacial score (nSPS) is 15.8. The molecule has 136 valence electrons. The van der Waals surface area contributed by atoms with Crippen LogP contribution < -0.4 is 16.0 Å². The maximum absolute atomic E-state index is 12.6. The molecule has 0 aromatic carbocycles. The van der Waals surface area contributed by atoms with E-state index in [4.69, 9.17) is 17.3 Å². The van der Waals surface area contributed by atoms with Gasteiger partial charge in [0.2, 0.25) is 5.91 Å². The van der Waals surface area contributed by atoms with Gasteiger partial charge in [-0.05, 0) is 18.9 Å². The Hall–Kier alpha value is -1.25. The fraction of sp³-hybridized carbons (Fsp3) is 0.571. The number of aromatic nitrogens is 1. The summed E-state index contributed by atoms with van der Waals surface area (Å²) in [6.45, 7) is 1.85. The van der Waals surface area contributed by atoms with Crippen LogP contribution >= 0.6 is 24.0 Å². The molecule has 1 fully saturated rings. The van der Waals surface area contributed by atoms with Crippen molar-refractivity contribution in [1.82, 2.24) is 10.3 Å². The smallest absolute Gasteiger partial charge is 0.355 e. The predicted molar refractivity (Wildman–Crippen MR) is 88.5 cm³/mol. The summed E-state index contributed by atoms with van der Waals surface area (Å²) in [7, 11) is 0. The maximum atomic E-state index is 12.6. The van der Waals surface area contributed by atoms with E-state index in [1.807, 2.05) is 0 Å². The van der Waals surface area contributed by atoms with E-state index in [1.165, 1.54) is 0 Å². The van der Waals surface area contributed by atoms with Crippen LogP contribution in [0.5, 0.6) is 0 Å². The van der Waals surface area contributed by atoms with Gasteiger partial charge in [-0.3, -0.25) is 4.79 Å². The van der Waals surface area contributed by atoms with Crippen LogP contribution in [-0.4, -0.2) is 37.1 Å². The molecule has 10 heteroatoms. The third-order valence-electron chi connectivity index (χ3n) is 3.76. The number of hydrogen-bond donors (Lipinski definition) is 2. The summed E-state index contributed by atoms with van der Waals surface area (Å²) in [5, 5.41) is 2.71. The summed E-state index contributed by atoms with van der Waals surface area (Å²) in [5.41, 5.74) is 4.46. The molecule has 3 N–H and O–H groups in total. The van der Waals surface area contributed by atoms with Gasteiger partial charge in [-0.25, -0.2) is 4.98 Å². The molecule has 0 aliphatic carbocycles. The number of carbonyl (C=O) groups is 1. The number of rotatable bonds is 4. The minimum absolute atomic E-state index is 0. The number of carbonyl (C=O) groups excluding carboxylic acids is 1. The molecule has 0 radical (unpaired) electrons. The summed E-state index contributed by atoms with van der Waals surface area (Å²) >= 11 is 5.94. The number of pyridine rings is 1. The Labute approximate surface area is 149 Å². The predicted octanol–water partition coefficient (Wildman–Crippen LogP) is 2.47. The molecule has 1 amide bonds. The van der Waals surface area contributed by atoms with Crippen LogP contribution in [0.15, 0.2) is 12.3 Å². The molecule has 0 bridgehead atoms. The van der Waals surface area contributed by atoms with Crippen molar-refractivity contribution in [3.63, 3.8) is 0 Å². The van der Waals surface area contributed by atoms with E-state index in [-0.39, 0.29) is 29.3 Å². The van der Waals surface area contributed by atoms with E-state index in [2.05, 4.69) is 10.3 Å². The number of piperidine rings is 1. The molecular formula is C14H19Cl2F3N4O. The standard InChI is InChI=1S/C14H18ClF3N4O.ClH/c15-11-7-10(14(16,17)18)8-21-12(11)22-5-1-9(2-6-22)13(23)20-4-3-19;/h7-9H,1-6,19H2,(H,20,23);1H. The molecule has 2 rings (SSSR count). The number of nitrogens with one attached hydrogen (secondary N) is 1. The molecule has 1 saturated heterocycles. The number of nitrogens with two attached hydrogens (primary N) is 1. The Bertz CT molecular complexity index is 563. The van der Waals surface area contributed by atoms with Gasteiger partial charge >= 0.3 is 6.18 Å². The second kappa shape index (κ2) is 8.73. The molecule has 1 aliphatic heterocycles. The Balaban J connectivity index is 0.00000288. The summed E-state index contributed by atoms with van der Waals surface area (Å²) in [5.74, 6) is 0.160. The summed E-state index contributed by atoms with van der Waals surface area (Å²) in [6.07, 6.45) is -2.50. The van der Waals surface area contributed by atoms with Crippen LogP contribution in [0.25, 0.3) is 0 Å². The maximum Gasteiger partial charge on any atom is 0.417 e. The van der Waals surface area contributed by atoms with Crippen molar-refractivity contribution in [1.29, 1.82) is 0 Å². The lowest BCUT2D eigenvalue weighted by Gasteiger charge is -2.32. The highest BCUT2D eigenvalue weighted by atomic mass is 35.5. The highest BCUT2D eigenvalue weighted by Gasteiger charge is 2.32. The number of alkyl halides is 3. The lowest BCUT2D eigenvalue weighted by molar-refractivity contribution is -0.137. The van der Waals surface area contributed by atoms with Gasteiger partial charge in [0.25, 0.3) is 0 Å². The zero-order valence-corrected chi connectivity index (χ0v) is 14.3. The molecule has 0 spiro atoms. The van der Waals surface area contributed by atoms with Crippen molar-refractivity contribution in [2.24, 2.45) is 11.7 Å². The molecule has 1 aromatic heterocycles. The molecule has 2 heterocycles. The van der Waals surface area contributed by atoms with Gasteiger partial charge in [0.15, 0.2) is 0 Å². The topological polar surface area (TPSA) is 71.2 Å². The number of anilines is 1.